The molecule has 0 aromatic heterocycles. The van der Waals surface area contributed by atoms with E-state index >= 15 is 0 Å². The molecule has 5 N–H and O–H groups in total. The van der Waals surface area contributed by atoms with Crippen LogP contribution in [-0.4, -0.2) is 41.5 Å². The van der Waals surface area contributed by atoms with Gasteiger partial charge in [-0.3, -0.25) is 14.5 Å². The van der Waals surface area contributed by atoms with Crippen LogP contribution in [0.5, 0.6) is 0 Å². The maximum atomic E-state index is 12.7. The highest BCUT2D eigenvalue weighted by molar-refractivity contribution is 5.93. The van der Waals surface area contributed by atoms with Crippen molar-refractivity contribution in [2.24, 2.45) is 0 Å². The van der Waals surface area contributed by atoms with Crippen molar-refractivity contribution in [2.75, 3.05) is 24.6 Å². The van der Waals surface area contributed by atoms with E-state index in [4.69, 9.17) is 15.2 Å². The summed E-state index contributed by atoms with van der Waals surface area (Å²) in [5.74, 6) is -0.0326. The standard InChI is InChI=1S/C52H58N4O5/c1-36(41-28-27-39-14-7-8-15-43(39)30-41)56(2)34-46-32-49(40-25-23-37(35-57)24-26-40)61-52(60-46)45-18-12-17-44(31-45)42-16-11-13-38(29-42)33-54-50(58)21-5-3-4-6-22-51(59)55-48-20-10-9-19-47(48)53/h7-20,23-31,36,46,49,52,57H,3-6,21-22,32-35,53H2,1-2H3,(H,54,58)(H,55,59)/t36-,46+,49-,52-/m1/s1. The van der Waals surface area contributed by atoms with Crippen molar-refractivity contribution >= 4 is 34.0 Å². The molecule has 0 bridgehead atoms. The first kappa shape index (κ1) is 43.3. The molecule has 1 aliphatic heterocycles. The monoisotopic (exact) mass is 818 g/mol. The molecule has 9 nitrogen and oxygen atoms in total. The Morgan fingerprint density at radius 2 is 1.43 bits per heavy atom. The Morgan fingerprint density at radius 3 is 2.20 bits per heavy atom. The van der Waals surface area contributed by atoms with Gasteiger partial charge in [0, 0.05) is 44.0 Å². The predicted octanol–water partition coefficient (Wildman–Crippen LogP) is 10.4. The van der Waals surface area contributed by atoms with Crippen molar-refractivity contribution in [2.45, 2.75) is 89.6 Å². The van der Waals surface area contributed by atoms with Crippen LogP contribution in [0.25, 0.3) is 21.9 Å². The number of nitrogens with zero attached hydrogens (tertiary/aromatic N) is 1. The number of carbonyl (C=O) groups is 2. The number of unbranched alkanes of at least 4 members (excludes halogenated alkanes) is 3. The predicted molar refractivity (Wildman–Crippen MR) is 244 cm³/mol. The number of rotatable bonds is 18. The van der Waals surface area contributed by atoms with Crippen LogP contribution < -0.4 is 16.4 Å². The van der Waals surface area contributed by atoms with E-state index in [0.717, 1.165) is 65.6 Å². The lowest BCUT2D eigenvalue weighted by Crippen LogP contribution is -2.38. The highest BCUT2D eigenvalue weighted by atomic mass is 16.7. The molecule has 1 fully saturated rings. The third-order valence-electron chi connectivity index (χ3n) is 11.7. The molecule has 316 valence electrons. The van der Waals surface area contributed by atoms with Crippen molar-refractivity contribution in [3.8, 4) is 11.1 Å². The molecule has 4 atom stereocenters. The minimum atomic E-state index is -0.584. The summed E-state index contributed by atoms with van der Waals surface area (Å²) in [6.07, 6.45) is 3.98. The third-order valence-corrected chi connectivity index (χ3v) is 11.7. The number of fused-ring (bicyclic) bond motifs is 1. The van der Waals surface area contributed by atoms with Gasteiger partial charge in [0.25, 0.3) is 0 Å². The van der Waals surface area contributed by atoms with Gasteiger partial charge in [-0.05, 0) is 101 Å². The van der Waals surface area contributed by atoms with Crippen molar-refractivity contribution < 1.29 is 24.2 Å². The maximum Gasteiger partial charge on any atom is 0.224 e. The van der Waals surface area contributed by atoms with Crippen LogP contribution in [0.2, 0.25) is 0 Å². The average Bonchev–Trinajstić information content (AvgIpc) is 3.29. The second-order valence-corrected chi connectivity index (χ2v) is 16.2. The SMILES string of the molecule is C[C@H](c1ccc2ccccc2c1)N(C)C[C@@H]1C[C@H](c2ccc(CO)cc2)O[C@H](c2cccc(-c3cccc(CNC(=O)CCCCCCC(=O)Nc4ccccc4N)c3)c2)O1. The zero-order chi connectivity index (χ0) is 42.6. The highest BCUT2D eigenvalue weighted by Crippen LogP contribution is 2.40. The minimum Gasteiger partial charge on any atom is -0.397 e. The number of hydrogen-bond acceptors (Lipinski definition) is 7. The molecule has 6 aromatic carbocycles. The molecule has 2 amide bonds. The lowest BCUT2D eigenvalue weighted by molar-refractivity contribution is -0.253. The number of para-hydroxylation sites is 2. The fourth-order valence-electron chi connectivity index (χ4n) is 8.00. The van der Waals surface area contributed by atoms with Gasteiger partial charge in [-0.25, -0.2) is 0 Å². The van der Waals surface area contributed by atoms with E-state index in [9.17, 15) is 14.7 Å². The van der Waals surface area contributed by atoms with Crippen LogP contribution in [0.1, 0.15) is 98.1 Å². The van der Waals surface area contributed by atoms with Crippen LogP contribution in [0, 0.1) is 0 Å². The van der Waals surface area contributed by atoms with Crippen molar-refractivity contribution in [3.05, 3.63) is 167 Å². The van der Waals surface area contributed by atoms with Crippen molar-refractivity contribution in [1.82, 2.24) is 10.2 Å². The van der Waals surface area contributed by atoms with Gasteiger partial charge in [-0.1, -0.05) is 122 Å². The molecule has 9 heteroatoms. The Kier molecular flexibility index (Phi) is 15.0. The number of nitrogens with two attached hydrogens (primary N) is 1. The molecular weight excluding hydrogens is 761 g/mol. The summed E-state index contributed by atoms with van der Waals surface area (Å²) in [6.45, 7) is 3.40. The quantitative estimate of drug-likeness (QED) is 0.0503. The summed E-state index contributed by atoms with van der Waals surface area (Å²) in [5, 5.41) is 18.1. The van der Waals surface area contributed by atoms with Gasteiger partial charge < -0.3 is 30.9 Å². The Hall–Kier alpha value is -5.84. The molecule has 0 spiro atoms. The first-order valence-corrected chi connectivity index (χ1v) is 21.5. The molecule has 61 heavy (non-hydrogen) atoms. The van der Waals surface area contributed by atoms with Gasteiger partial charge in [0.2, 0.25) is 11.8 Å². The Morgan fingerprint density at radius 1 is 0.721 bits per heavy atom. The third kappa shape index (κ3) is 11.9. The smallest absolute Gasteiger partial charge is 0.224 e. The molecule has 1 heterocycles. The molecular formula is C52H58N4O5. The van der Waals surface area contributed by atoms with E-state index in [-0.39, 0.29) is 36.7 Å². The van der Waals surface area contributed by atoms with E-state index < -0.39 is 6.29 Å². The fourth-order valence-corrected chi connectivity index (χ4v) is 8.00. The summed E-state index contributed by atoms with van der Waals surface area (Å²) in [4.78, 5) is 27.4. The molecule has 0 unspecified atom stereocenters. The number of anilines is 2. The first-order chi connectivity index (χ1) is 29.7. The van der Waals surface area contributed by atoms with Crippen LogP contribution in [0.4, 0.5) is 11.4 Å². The summed E-state index contributed by atoms with van der Waals surface area (Å²) in [5.41, 5.74) is 14.3. The second kappa shape index (κ2) is 21.1. The number of ether oxygens (including phenoxy) is 2. The molecule has 1 saturated heterocycles. The number of nitrogens with one attached hydrogen (secondary N) is 2. The lowest BCUT2D eigenvalue weighted by atomic mass is 9.97. The van der Waals surface area contributed by atoms with Gasteiger partial charge in [0.15, 0.2) is 6.29 Å². The van der Waals surface area contributed by atoms with Gasteiger partial charge in [0.1, 0.15) is 0 Å². The summed E-state index contributed by atoms with van der Waals surface area (Å²) in [6, 6.07) is 47.2. The zero-order valence-corrected chi connectivity index (χ0v) is 35.3. The summed E-state index contributed by atoms with van der Waals surface area (Å²) >= 11 is 0. The maximum absolute atomic E-state index is 12.7. The van der Waals surface area contributed by atoms with E-state index in [1.807, 2.05) is 54.6 Å². The summed E-state index contributed by atoms with van der Waals surface area (Å²) < 4.78 is 13.5. The molecule has 0 aliphatic carbocycles. The van der Waals surface area contributed by atoms with Crippen LogP contribution in [-0.2, 0) is 32.2 Å². The number of benzene rings is 6. The van der Waals surface area contributed by atoms with E-state index in [1.54, 1.807) is 12.1 Å². The second-order valence-electron chi connectivity index (χ2n) is 16.2. The number of likely N-dealkylation sites (N-methyl/N-ethyl adjacent to an activating group) is 1. The van der Waals surface area contributed by atoms with Crippen molar-refractivity contribution in [3.63, 3.8) is 0 Å². The lowest BCUT2D eigenvalue weighted by Gasteiger charge is -2.39. The fraction of sp³-hybridized carbons (Fsp3) is 0.308. The van der Waals surface area contributed by atoms with Crippen LogP contribution in [0.15, 0.2) is 140 Å². The largest absolute Gasteiger partial charge is 0.397 e. The number of nitrogen functional groups attached to an aromatic ring is 1. The van der Waals surface area contributed by atoms with E-state index in [1.165, 1.54) is 16.3 Å². The number of hydrogen-bond donors (Lipinski definition) is 4. The van der Waals surface area contributed by atoms with Crippen LogP contribution in [0.3, 0.4) is 0 Å². The Balaban J connectivity index is 0.944. The van der Waals surface area contributed by atoms with E-state index in [2.05, 4.69) is 102 Å². The molecule has 1 aliphatic rings. The van der Waals surface area contributed by atoms with Gasteiger partial charge in [0.05, 0.1) is 30.2 Å². The molecule has 0 saturated carbocycles. The van der Waals surface area contributed by atoms with Crippen molar-refractivity contribution in [1.29, 1.82) is 0 Å². The normalized spacial score (nSPS) is 17.0. The van der Waals surface area contributed by atoms with Crippen LogP contribution >= 0.6 is 0 Å². The number of aliphatic hydroxyl groups excluding tert-OH is 1. The van der Waals surface area contributed by atoms with Gasteiger partial charge >= 0.3 is 0 Å². The Labute approximate surface area is 359 Å². The highest BCUT2D eigenvalue weighted by Gasteiger charge is 2.33. The zero-order valence-electron chi connectivity index (χ0n) is 35.3. The number of amides is 2. The number of aliphatic hydroxyl groups is 1. The minimum absolute atomic E-state index is 0.00502. The Bertz CT molecular complexity index is 2380. The van der Waals surface area contributed by atoms with E-state index in [0.29, 0.717) is 37.2 Å². The average molecular weight is 819 g/mol. The summed E-state index contributed by atoms with van der Waals surface area (Å²) in [7, 11) is 2.16. The molecule has 7 rings (SSSR count). The molecule has 0 radical (unpaired) electrons. The topological polar surface area (TPSA) is 126 Å². The first-order valence-electron chi connectivity index (χ1n) is 21.5. The number of carbonyl (C=O) groups excluding carboxylic acids is 2. The van der Waals surface area contributed by atoms with Gasteiger partial charge in [-0.15, -0.1) is 0 Å². The molecule has 6 aromatic rings. The van der Waals surface area contributed by atoms with Gasteiger partial charge in [-0.2, -0.15) is 0 Å².